The fourth-order valence-electron chi connectivity index (χ4n) is 3.54. The van der Waals surface area contributed by atoms with E-state index in [1.807, 2.05) is 0 Å². The molecule has 1 aromatic heterocycles. The van der Waals surface area contributed by atoms with Gasteiger partial charge in [0.15, 0.2) is 9.84 Å². The third-order valence-corrected chi connectivity index (χ3v) is 5.82. The van der Waals surface area contributed by atoms with Crippen molar-refractivity contribution in [1.82, 2.24) is 9.97 Å². The number of rotatable bonds is 7. The molecule has 2 heterocycles. The van der Waals surface area contributed by atoms with Crippen molar-refractivity contribution in [3.05, 3.63) is 70.9 Å². The largest absolute Gasteiger partial charge is 0.421 e. The summed E-state index contributed by atoms with van der Waals surface area (Å²) in [4.78, 5) is 19.3. The van der Waals surface area contributed by atoms with Gasteiger partial charge < -0.3 is 16.0 Å². The Kier molecular flexibility index (Phi) is 6.17. The summed E-state index contributed by atoms with van der Waals surface area (Å²) in [6, 6.07) is 11.6. The monoisotopic (exact) mass is 491 g/mol. The highest BCUT2D eigenvalue weighted by molar-refractivity contribution is 7.89. The number of hydrogen-bond donors (Lipinski definition) is 3. The van der Waals surface area contributed by atoms with Gasteiger partial charge in [-0.25, -0.2) is 13.4 Å². The van der Waals surface area contributed by atoms with Crippen LogP contribution in [0.1, 0.15) is 22.3 Å². The van der Waals surface area contributed by atoms with Crippen LogP contribution in [0.25, 0.3) is 0 Å². The van der Waals surface area contributed by atoms with E-state index in [2.05, 4.69) is 25.9 Å². The third kappa shape index (κ3) is 5.81. The average molecular weight is 491 g/mol. The molecule has 178 valence electrons. The molecule has 12 heteroatoms. The first-order valence-electron chi connectivity index (χ1n) is 10.1. The van der Waals surface area contributed by atoms with E-state index in [-0.39, 0.29) is 30.6 Å². The van der Waals surface area contributed by atoms with E-state index in [9.17, 15) is 26.4 Å². The molecule has 0 aliphatic carbocycles. The first-order valence-corrected chi connectivity index (χ1v) is 12.2. The van der Waals surface area contributed by atoms with Crippen LogP contribution < -0.4 is 16.0 Å². The second-order valence-corrected chi connectivity index (χ2v) is 10.1. The predicted molar refractivity (Wildman–Crippen MR) is 121 cm³/mol. The quantitative estimate of drug-likeness (QED) is 0.460. The SMILES string of the molecule is CS(=O)(=O)Cc1cccc(CNc2nc(Nc3ccc4c(c3)CC(=O)N4)ncc2C(F)(F)F)c1. The predicted octanol–water partition coefficient (Wildman–Crippen LogP) is 3.89. The van der Waals surface area contributed by atoms with Gasteiger partial charge in [-0.2, -0.15) is 18.2 Å². The lowest BCUT2D eigenvalue weighted by molar-refractivity contribution is -0.137. The first-order chi connectivity index (χ1) is 16.0. The number of halogens is 3. The Morgan fingerprint density at radius 1 is 1.12 bits per heavy atom. The molecule has 0 fully saturated rings. The van der Waals surface area contributed by atoms with Crippen molar-refractivity contribution in [1.29, 1.82) is 0 Å². The second-order valence-electron chi connectivity index (χ2n) is 7.92. The molecule has 0 bridgehead atoms. The van der Waals surface area contributed by atoms with Gasteiger partial charge in [0, 0.05) is 30.4 Å². The lowest BCUT2D eigenvalue weighted by Crippen LogP contribution is -2.14. The summed E-state index contributed by atoms with van der Waals surface area (Å²) in [5.41, 5.74) is 2.06. The molecule has 0 spiro atoms. The number of nitrogens with zero attached hydrogens (tertiary/aromatic N) is 2. The standard InChI is InChI=1S/C22H20F3N5O3S/c1-34(32,33)12-14-4-2-3-13(7-14)10-26-20-17(22(23,24)25)11-27-21(30-20)28-16-5-6-18-15(8-16)9-19(31)29-18/h2-8,11H,9-10,12H2,1H3,(H,29,31)(H2,26,27,28,30). The molecule has 3 N–H and O–H groups in total. The molecule has 8 nitrogen and oxygen atoms in total. The van der Waals surface area contributed by atoms with Crippen LogP contribution in [0.4, 0.5) is 36.3 Å². The van der Waals surface area contributed by atoms with Gasteiger partial charge in [0.2, 0.25) is 11.9 Å². The summed E-state index contributed by atoms with van der Waals surface area (Å²) in [5, 5.41) is 8.25. The Balaban J connectivity index is 1.55. The zero-order chi connectivity index (χ0) is 24.5. The lowest BCUT2D eigenvalue weighted by atomic mass is 10.1. The molecular weight excluding hydrogens is 471 g/mol. The molecule has 3 aromatic rings. The molecule has 0 atom stereocenters. The molecule has 0 unspecified atom stereocenters. The van der Waals surface area contributed by atoms with Gasteiger partial charge in [-0.1, -0.05) is 24.3 Å². The number of carbonyl (C=O) groups excluding carboxylic acids is 1. The third-order valence-electron chi connectivity index (χ3n) is 4.96. The van der Waals surface area contributed by atoms with Crippen molar-refractivity contribution in [3.63, 3.8) is 0 Å². The van der Waals surface area contributed by atoms with Crippen LogP contribution in [0.15, 0.2) is 48.7 Å². The normalized spacial score (nSPS) is 13.4. The number of hydrogen-bond acceptors (Lipinski definition) is 7. The summed E-state index contributed by atoms with van der Waals surface area (Å²) in [6.45, 7) is -0.0102. The maximum atomic E-state index is 13.5. The number of amides is 1. The molecule has 0 radical (unpaired) electrons. The van der Waals surface area contributed by atoms with Gasteiger partial charge >= 0.3 is 6.18 Å². The summed E-state index contributed by atoms with van der Waals surface area (Å²) < 4.78 is 63.6. The molecule has 4 rings (SSSR count). The number of alkyl halides is 3. The number of fused-ring (bicyclic) bond motifs is 1. The van der Waals surface area contributed by atoms with E-state index in [0.29, 0.717) is 28.7 Å². The number of aromatic nitrogens is 2. The Labute approximate surface area is 193 Å². The van der Waals surface area contributed by atoms with Gasteiger partial charge in [-0.3, -0.25) is 4.79 Å². The van der Waals surface area contributed by atoms with Crippen molar-refractivity contribution in [2.45, 2.75) is 24.9 Å². The van der Waals surface area contributed by atoms with E-state index in [4.69, 9.17) is 0 Å². The molecule has 1 amide bonds. The van der Waals surface area contributed by atoms with Crippen LogP contribution in [0.2, 0.25) is 0 Å². The Morgan fingerprint density at radius 2 is 1.88 bits per heavy atom. The maximum Gasteiger partial charge on any atom is 0.421 e. The minimum atomic E-state index is -4.68. The molecule has 0 saturated heterocycles. The highest BCUT2D eigenvalue weighted by Crippen LogP contribution is 2.34. The average Bonchev–Trinajstić information content (AvgIpc) is 3.10. The summed E-state index contributed by atoms with van der Waals surface area (Å²) >= 11 is 0. The van der Waals surface area contributed by atoms with Crippen molar-refractivity contribution in [3.8, 4) is 0 Å². The van der Waals surface area contributed by atoms with Gasteiger partial charge in [-0.05, 0) is 34.9 Å². The fourth-order valence-corrected chi connectivity index (χ4v) is 4.32. The fraction of sp³-hybridized carbons (Fsp3) is 0.227. The van der Waals surface area contributed by atoms with Crippen LogP contribution >= 0.6 is 0 Å². The van der Waals surface area contributed by atoms with Crippen LogP contribution in [0.5, 0.6) is 0 Å². The Bertz CT molecular complexity index is 1360. The minimum absolute atomic E-state index is 0.0102. The van der Waals surface area contributed by atoms with Crippen LogP contribution in [-0.2, 0) is 39.5 Å². The molecule has 1 aliphatic rings. The van der Waals surface area contributed by atoms with Crippen LogP contribution in [-0.4, -0.2) is 30.5 Å². The molecule has 0 saturated carbocycles. The minimum Gasteiger partial charge on any atom is -0.365 e. The second kappa shape index (κ2) is 8.93. The van der Waals surface area contributed by atoms with Gasteiger partial charge in [-0.15, -0.1) is 0 Å². The van der Waals surface area contributed by atoms with E-state index in [1.165, 1.54) is 0 Å². The van der Waals surface area contributed by atoms with Crippen molar-refractivity contribution in [2.75, 3.05) is 22.2 Å². The van der Waals surface area contributed by atoms with E-state index in [1.54, 1.807) is 42.5 Å². The summed E-state index contributed by atoms with van der Waals surface area (Å²) in [5.74, 6) is -0.780. The highest BCUT2D eigenvalue weighted by atomic mass is 32.2. The van der Waals surface area contributed by atoms with Crippen LogP contribution in [0, 0.1) is 0 Å². The highest BCUT2D eigenvalue weighted by Gasteiger charge is 2.35. The van der Waals surface area contributed by atoms with Gasteiger partial charge in [0.1, 0.15) is 11.4 Å². The van der Waals surface area contributed by atoms with E-state index >= 15 is 0 Å². The molecule has 1 aliphatic heterocycles. The molecule has 2 aromatic carbocycles. The zero-order valence-electron chi connectivity index (χ0n) is 17.9. The lowest BCUT2D eigenvalue weighted by Gasteiger charge is -2.15. The summed E-state index contributed by atoms with van der Waals surface area (Å²) in [7, 11) is -3.25. The van der Waals surface area contributed by atoms with Gasteiger partial charge in [0.05, 0.1) is 12.2 Å². The smallest absolute Gasteiger partial charge is 0.365 e. The van der Waals surface area contributed by atoms with Crippen molar-refractivity contribution in [2.24, 2.45) is 0 Å². The summed E-state index contributed by atoms with van der Waals surface area (Å²) in [6.07, 6.45) is -2.67. The van der Waals surface area contributed by atoms with Crippen molar-refractivity contribution >= 4 is 38.9 Å². The Morgan fingerprint density at radius 3 is 2.62 bits per heavy atom. The first kappa shape index (κ1) is 23.5. The topological polar surface area (TPSA) is 113 Å². The van der Waals surface area contributed by atoms with E-state index < -0.39 is 27.4 Å². The van der Waals surface area contributed by atoms with Crippen molar-refractivity contribution < 1.29 is 26.4 Å². The number of sulfone groups is 1. The van der Waals surface area contributed by atoms with Gasteiger partial charge in [0.25, 0.3) is 0 Å². The van der Waals surface area contributed by atoms with E-state index in [0.717, 1.165) is 11.8 Å². The molecular formula is C22H20F3N5O3S. The maximum absolute atomic E-state index is 13.5. The van der Waals surface area contributed by atoms with Crippen LogP contribution in [0.3, 0.4) is 0 Å². The zero-order valence-corrected chi connectivity index (χ0v) is 18.7. The number of anilines is 4. The number of carbonyl (C=O) groups is 1. The molecule has 34 heavy (non-hydrogen) atoms. The number of benzene rings is 2. The number of nitrogens with one attached hydrogen (secondary N) is 3. The Hall–Kier alpha value is -3.67.